The number of phenolic OH excluding ortho intramolecular Hbond substituents is 1. The Bertz CT molecular complexity index is 494. The summed E-state index contributed by atoms with van der Waals surface area (Å²) in [6.07, 6.45) is 0.745. The molecular formula is C12H15N3O2. The van der Waals surface area contributed by atoms with Crippen LogP contribution in [-0.4, -0.2) is 40.8 Å². The highest BCUT2D eigenvalue weighted by molar-refractivity contribution is 5.55. The average molecular weight is 233 g/mol. The maximum atomic E-state index is 9.36. The van der Waals surface area contributed by atoms with Crippen molar-refractivity contribution in [2.75, 3.05) is 20.6 Å². The predicted octanol–water partition coefficient (Wildman–Crippen LogP) is 1.55. The molecule has 0 saturated heterocycles. The lowest BCUT2D eigenvalue weighted by Gasteiger charge is -2.05. The second-order valence-corrected chi connectivity index (χ2v) is 4.12. The second kappa shape index (κ2) is 4.97. The maximum Gasteiger partial charge on any atom is 0.258 e. The molecule has 1 aromatic carbocycles. The summed E-state index contributed by atoms with van der Waals surface area (Å²) >= 11 is 0. The molecule has 5 nitrogen and oxygen atoms in total. The van der Waals surface area contributed by atoms with E-state index >= 15 is 0 Å². The van der Waals surface area contributed by atoms with Crippen molar-refractivity contribution in [3.8, 4) is 17.2 Å². The van der Waals surface area contributed by atoms with E-state index in [0.29, 0.717) is 11.7 Å². The van der Waals surface area contributed by atoms with Crippen molar-refractivity contribution in [3.63, 3.8) is 0 Å². The topological polar surface area (TPSA) is 62.4 Å². The molecule has 1 N–H and O–H groups in total. The molecule has 0 bridgehead atoms. The van der Waals surface area contributed by atoms with Gasteiger partial charge in [-0.05, 0) is 32.3 Å². The van der Waals surface area contributed by atoms with Gasteiger partial charge in [-0.15, -0.1) is 0 Å². The maximum absolute atomic E-state index is 9.36. The molecule has 0 aliphatic heterocycles. The van der Waals surface area contributed by atoms with Crippen molar-refractivity contribution < 1.29 is 9.63 Å². The van der Waals surface area contributed by atoms with Gasteiger partial charge in [-0.25, -0.2) is 0 Å². The minimum Gasteiger partial charge on any atom is -0.508 e. The quantitative estimate of drug-likeness (QED) is 0.868. The highest BCUT2D eigenvalue weighted by Crippen LogP contribution is 2.21. The van der Waals surface area contributed by atoms with Gasteiger partial charge < -0.3 is 14.5 Å². The van der Waals surface area contributed by atoms with Crippen molar-refractivity contribution in [1.82, 2.24) is 15.0 Å². The number of hydrogen-bond donors (Lipinski definition) is 1. The highest BCUT2D eigenvalue weighted by atomic mass is 16.5. The molecule has 0 amide bonds. The summed E-state index contributed by atoms with van der Waals surface area (Å²) in [7, 11) is 3.99. The molecule has 0 radical (unpaired) electrons. The number of aromatic hydroxyl groups is 1. The molecule has 0 spiro atoms. The SMILES string of the molecule is CN(C)CCc1noc(-c2cccc(O)c2)n1. The van der Waals surface area contributed by atoms with Gasteiger partial charge in [-0.2, -0.15) is 4.98 Å². The standard InChI is InChI=1S/C12H15N3O2/c1-15(2)7-6-11-13-12(17-14-11)9-4-3-5-10(16)8-9/h3-5,8,16H,6-7H2,1-2H3. The number of likely N-dealkylation sites (N-methyl/N-ethyl adjacent to an activating group) is 1. The van der Waals surface area contributed by atoms with E-state index in [1.807, 2.05) is 20.2 Å². The van der Waals surface area contributed by atoms with Crippen LogP contribution in [0.15, 0.2) is 28.8 Å². The number of nitrogens with zero attached hydrogens (tertiary/aromatic N) is 3. The van der Waals surface area contributed by atoms with Crippen LogP contribution in [0.1, 0.15) is 5.82 Å². The fraction of sp³-hybridized carbons (Fsp3) is 0.333. The molecule has 17 heavy (non-hydrogen) atoms. The van der Waals surface area contributed by atoms with E-state index in [-0.39, 0.29) is 5.75 Å². The van der Waals surface area contributed by atoms with E-state index in [1.165, 1.54) is 0 Å². The van der Waals surface area contributed by atoms with Crippen LogP contribution in [0.2, 0.25) is 0 Å². The molecule has 0 unspecified atom stereocenters. The summed E-state index contributed by atoms with van der Waals surface area (Å²) in [6, 6.07) is 6.77. The lowest BCUT2D eigenvalue weighted by atomic mass is 10.2. The number of aromatic nitrogens is 2. The van der Waals surface area contributed by atoms with Gasteiger partial charge in [-0.3, -0.25) is 0 Å². The van der Waals surface area contributed by atoms with E-state index in [2.05, 4.69) is 15.0 Å². The van der Waals surface area contributed by atoms with Crippen molar-refractivity contribution >= 4 is 0 Å². The Morgan fingerprint density at radius 2 is 2.18 bits per heavy atom. The Kier molecular flexibility index (Phi) is 3.39. The summed E-state index contributed by atoms with van der Waals surface area (Å²) in [4.78, 5) is 6.34. The van der Waals surface area contributed by atoms with Gasteiger partial charge in [0.05, 0.1) is 0 Å². The minimum absolute atomic E-state index is 0.190. The van der Waals surface area contributed by atoms with Crippen molar-refractivity contribution in [2.24, 2.45) is 0 Å². The first-order valence-electron chi connectivity index (χ1n) is 5.42. The fourth-order valence-electron chi connectivity index (χ4n) is 1.44. The van der Waals surface area contributed by atoms with E-state index in [1.54, 1.807) is 18.2 Å². The lowest BCUT2D eigenvalue weighted by Crippen LogP contribution is -2.15. The molecule has 2 aromatic rings. The van der Waals surface area contributed by atoms with E-state index in [9.17, 15) is 5.11 Å². The van der Waals surface area contributed by atoms with Crippen LogP contribution in [0.25, 0.3) is 11.5 Å². The molecule has 0 aliphatic carbocycles. The number of hydrogen-bond acceptors (Lipinski definition) is 5. The Labute approximate surface area is 99.7 Å². The Morgan fingerprint density at radius 1 is 1.35 bits per heavy atom. The van der Waals surface area contributed by atoms with Crippen LogP contribution >= 0.6 is 0 Å². The van der Waals surface area contributed by atoms with Crippen molar-refractivity contribution in [2.45, 2.75) is 6.42 Å². The molecule has 0 fully saturated rings. The first kappa shape index (κ1) is 11.6. The number of benzene rings is 1. The summed E-state index contributed by atoms with van der Waals surface area (Å²) in [5.41, 5.74) is 0.730. The summed E-state index contributed by atoms with van der Waals surface area (Å²) in [5.74, 6) is 1.31. The monoisotopic (exact) mass is 233 g/mol. The minimum atomic E-state index is 0.190. The lowest BCUT2D eigenvalue weighted by molar-refractivity contribution is 0.392. The van der Waals surface area contributed by atoms with Crippen LogP contribution < -0.4 is 0 Å². The Balaban J connectivity index is 2.12. The first-order chi connectivity index (χ1) is 8.15. The van der Waals surface area contributed by atoms with Gasteiger partial charge in [-0.1, -0.05) is 11.2 Å². The van der Waals surface area contributed by atoms with Crippen LogP contribution in [0.5, 0.6) is 5.75 Å². The van der Waals surface area contributed by atoms with Crippen LogP contribution in [-0.2, 0) is 6.42 Å². The van der Waals surface area contributed by atoms with Gasteiger partial charge in [0.2, 0.25) is 0 Å². The highest BCUT2D eigenvalue weighted by Gasteiger charge is 2.09. The van der Waals surface area contributed by atoms with Gasteiger partial charge in [0, 0.05) is 18.5 Å². The molecule has 1 aromatic heterocycles. The average Bonchev–Trinajstić information content (AvgIpc) is 2.75. The Morgan fingerprint density at radius 3 is 2.88 bits per heavy atom. The summed E-state index contributed by atoms with van der Waals surface area (Å²) in [6.45, 7) is 0.874. The molecule has 0 atom stereocenters. The van der Waals surface area contributed by atoms with Gasteiger partial charge >= 0.3 is 0 Å². The first-order valence-corrected chi connectivity index (χ1v) is 5.42. The van der Waals surface area contributed by atoms with E-state index in [0.717, 1.165) is 18.5 Å². The third kappa shape index (κ3) is 3.04. The van der Waals surface area contributed by atoms with Crippen LogP contribution in [0, 0.1) is 0 Å². The normalized spacial score (nSPS) is 11.0. The fourth-order valence-corrected chi connectivity index (χ4v) is 1.44. The van der Waals surface area contributed by atoms with E-state index in [4.69, 9.17) is 4.52 Å². The number of rotatable bonds is 4. The van der Waals surface area contributed by atoms with Gasteiger partial charge in [0.15, 0.2) is 5.82 Å². The summed E-state index contributed by atoms with van der Waals surface area (Å²) < 4.78 is 5.15. The molecule has 2 rings (SSSR count). The van der Waals surface area contributed by atoms with Gasteiger partial charge in [0.25, 0.3) is 5.89 Å². The van der Waals surface area contributed by atoms with Gasteiger partial charge in [0.1, 0.15) is 5.75 Å². The Hall–Kier alpha value is -1.88. The molecule has 5 heteroatoms. The molecular weight excluding hydrogens is 218 g/mol. The third-order valence-corrected chi connectivity index (χ3v) is 2.34. The molecule has 0 aliphatic rings. The largest absolute Gasteiger partial charge is 0.508 e. The third-order valence-electron chi connectivity index (χ3n) is 2.34. The van der Waals surface area contributed by atoms with Crippen LogP contribution in [0.3, 0.4) is 0 Å². The molecule has 90 valence electrons. The zero-order chi connectivity index (χ0) is 12.3. The second-order valence-electron chi connectivity index (χ2n) is 4.12. The zero-order valence-electron chi connectivity index (χ0n) is 9.92. The zero-order valence-corrected chi connectivity index (χ0v) is 9.92. The van der Waals surface area contributed by atoms with Crippen molar-refractivity contribution in [3.05, 3.63) is 30.1 Å². The smallest absolute Gasteiger partial charge is 0.258 e. The van der Waals surface area contributed by atoms with Crippen LogP contribution in [0.4, 0.5) is 0 Å². The predicted molar refractivity (Wildman–Crippen MR) is 63.7 cm³/mol. The molecule has 0 saturated carbocycles. The van der Waals surface area contributed by atoms with E-state index < -0.39 is 0 Å². The van der Waals surface area contributed by atoms with Crippen molar-refractivity contribution in [1.29, 1.82) is 0 Å². The summed E-state index contributed by atoms with van der Waals surface area (Å²) in [5, 5.41) is 13.3. The number of phenols is 1. The molecule has 1 heterocycles.